The van der Waals surface area contributed by atoms with Crippen LogP contribution in [0.15, 0.2) is 65.7 Å². The zero-order valence-electron chi connectivity index (χ0n) is 20.9. The molecule has 1 heterocycles. The molecule has 5 nitrogen and oxygen atoms in total. The summed E-state index contributed by atoms with van der Waals surface area (Å²) in [4.78, 5) is 5.48. The molecule has 0 atom stereocenters. The highest BCUT2D eigenvalue weighted by atomic mass is 32.1. The molecule has 0 N–H and O–H groups in total. The van der Waals surface area contributed by atoms with E-state index in [4.69, 9.17) is 12.2 Å². The lowest BCUT2D eigenvalue weighted by Crippen LogP contribution is -2.17. The minimum Gasteiger partial charge on any atom is -0.406 e. The van der Waals surface area contributed by atoms with Crippen LogP contribution >= 0.6 is 12.2 Å². The first-order chi connectivity index (χ1) is 18.2. The number of aryl methyl sites for hydroxylation is 3. The van der Waals surface area contributed by atoms with Gasteiger partial charge in [-0.25, -0.2) is 4.68 Å². The maximum atomic E-state index is 12.5. The number of nitrogens with zero attached hydrogens (tertiary/aromatic N) is 4. The van der Waals surface area contributed by atoms with Crippen molar-refractivity contribution in [3.05, 3.63) is 94.2 Å². The molecule has 194 valence electrons. The summed E-state index contributed by atoms with van der Waals surface area (Å²) in [6.45, 7) is 4.70. The third-order valence-corrected chi connectivity index (χ3v) is 6.89. The minimum absolute atomic E-state index is 0.277. The molecule has 0 bridgehead atoms. The number of alkyl halides is 3. The van der Waals surface area contributed by atoms with E-state index in [0.717, 1.165) is 45.8 Å². The molecule has 3 aromatic carbocycles. The lowest BCUT2D eigenvalue weighted by Gasteiger charge is -2.17. The zero-order chi connectivity index (χ0) is 26.9. The van der Waals surface area contributed by atoms with E-state index >= 15 is 0 Å². The van der Waals surface area contributed by atoms with Crippen LogP contribution in [0.5, 0.6) is 5.75 Å². The minimum atomic E-state index is -4.73. The Bertz CT molecular complexity index is 1500. The molecule has 5 rings (SSSR count). The second-order valence-electron chi connectivity index (χ2n) is 9.31. The highest BCUT2D eigenvalue weighted by molar-refractivity contribution is 7.80. The third-order valence-electron chi connectivity index (χ3n) is 6.62. The lowest BCUT2D eigenvalue weighted by molar-refractivity contribution is -0.274. The van der Waals surface area contributed by atoms with Crippen molar-refractivity contribution in [2.24, 2.45) is 4.99 Å². The van der Waals surface area contributed by atoms with Gasteiger partial charge in [-0.05, 0) is 84.8 Å². The Kier molecular flexibility index (Phi) is 7.12. The molecule has 0 spiro atoms. The largest absolute Gasteiger partial charge is 0.573 e. The summed E-state index contributed by atoms with van der Waals surface area (Å²) in [5, 5.41) is 8.65. The van der Waals surface area contributed by atoms with Crippen LogP contribution in [-0.2, 0) is 19.3 Å². The molecule has 38 heavy (non-hydrogen) atoms. The van der Waals surface area contributed by atoms with Gasteiger partial charge in [0.1, 0.15) is 11.4 Å². The highest BCUT2D eigenvalue weighted by Gasteiger charge is 2.31. The summed E-state index contributed by atoms with van der Waals surface area (Å²) < 4.78 is 43.0. The standard InChI is InChI=1S/C29H25F3N4OS/c1-18-4-3-5-19(2)26(18)15-24(38)17-33-16-20-6-12-25-21(14-20)7-13-27-28(25)34-35-36(27)22-8-10-23(11-9-22)37-29(30,31)32/h3-6,8-12,14,16H,7,13,15,17H2,1-2H3. The van der Waals surface area contributed by atoms with Crippen molar-refractivity contribution in [2.75, 3.05) is 6.54 Å². The van der Waals surface area contributed by atoms with Gasteiger partial charge >= 0.3 is 6.36 Å². The Balaban J connectivity index is 1.28. The van der Waals surface area contributed by atoms with Crippen LogP contribution in [0.4, 0.5) is 13.2 Å². The van der Waals surface area contributed by atoms with E-state index < -0.39 is 6.36 Å². The van der Waals surface area contributed by atoms with Crippen molar-refractivity contribution in [1.82, 2.24) is 15.0 Å². The summed E-state index contributed by atoms with van der Waals surface area (Å²) in [6.07, 6.45) is -0.637. The van der Waals surface area contributed by atoms with Gasteiger partial charge in [0.25, 0.3) is 0 Å². The monoisotopic (exact) mass is 534 g/mol. The van der Waals surface area contributed by atoms with Crippen molar-refractivity contribution >= 4 is 23.3 Å². The summed E-state index contributed by atoms with van der Waals surface area (Å²) in [5.41, 5.74) is 9.23. The van der Waals surface area contributed by atoms with E-state index in [2.05, 4.69) is 58.2 Å². The van der Waals surface area contributed by atoms with Gasteiger partial charge in [0.2, 0.25) is 0 Å². The number of aromatic nitrogens is 3. The predicted molar refractivity (Wildman–Crippen MR) is 146 cm³/mol. The van der Waals surface area contributed by atoms with Crippen LogP contribution in [0, 0.1) is 13.8 Å². The van der Waals surface area contributed by atoms with Gasteiger partial charge in [0, 0.05) is 23.1 Å². The first-order valence-electron chi connectivity index (χ1n) is 12.2. The fraction of sp³-hybridized carbons (Fsp3) is 0.241. The van der Waals surface area contributed by atoms with Gasteiger partial charge in [-0.2, -0.15) is 0 Å². The molecule has 0 aliphatic heterocycles. The van der Waals surface area contributed by atoms with Crippen LogP contribution in [0.25, 0.3) is 16.9 Å². The average Bonchev–Trinajstić information content (AvgIpc) is 3.30. The van der Waals surface area contributed by atoms with Crippen LogP contribution in [0.1, 0.15) is 33.5 Å². The number of rotatable bonds is 7. The normalized spacial score (nSPS) is 12.9. The Labute approximate surface area is 224 Å². The van der Waals surface area contributed by atoms with Crippen molar-refractivity contribution in [3.63, 3.8) is 0 Å². The van der Waals surface area contributed by atoms with E-state index in [-0.39, 0.29) is 5.75 Å². The van der Waals surface area contributed by atoms with Crippen molar-refractivity contribution in [2.45, 2.75) is 39.5 Å². The number of fused-ring (bicyclic) bond motifs is 3. The van der Waals surface area contributed by atoms with Crippen molar-refractivity contribution in [3.8, 4) is 22.7 Å². The quantitative estimate of drug-likeness (QED) is 0.199. The van der Waals surface area contributed by atoms with Gasteiger partial charge in [-0.15, -0.1) is 18.3 Å². The van der Waals surface area contributed by atoms with Crippen LogP contribution in [0.2, 0.25) is 0 Å². The van der Waals surface area contributed by atoms with E-state index in [9.17, 15) is 13.2 Å². The van der Waals surface area contributed by atoms with Gasteiger partial charge in [-0.3, -0.25) is 4.99 Å². The number of hydrogen-bond donors (Lipinski definition) is 0. The molecule has 0 unspecified atom stereocenters. The fourth-order valence-electron chi connectivity index (χ4n) is 4.75. The van der Waals surface area contributed by atoms with Crippen LogP contribution in [-0.4, -0.2) is 39.0 Å². The highest BCUT2D eigenvalue weighted by Crippen LogP contribution is 2.33. The first kappa shape index (κ1) is 25.8. The summed E-state index contributed by atoms with van der Waals surface area (Å²) in [5.74, 6) is -0.277. The van der Waals surface area contributed by atoms with Crippen LogP contribution < -0.4 is 4.74 Å². The van der Waals surface area contributed by atoms with Crippen LogP contribution in [0.3, 0.4) is 0 Å². The molecular formula is C29H25F3N4OS. The van der Waals surface area contributed by atoms with Gasteiger partial charge in [-0.1, -0.05) is 47.8 Å². The number of halogens is 3. The summed E-state index contributed by atoms with van der Waals surface area (Å²) in [7, 11) is 0. The summed E-state index contributed by atoms with van der Waals surface area (Å²) in [6, 6.07) is 18.0. The molecule has 0 saturated carbocycles. The molecule has 0 radical (unpaired) electrons. The van der Waals surface area contributed by atoms with E-state index in [1.807, 2.05) is 18.3 Å². The van der Waals surface area contributed by atoms with Gasteiger partial charge in [0.05, 0.1) is 17.9 Å². The molecule has 9 heteroatoms. The average molecular weight is 535 g/mol. The van der Waals surface area contributed by atoms with Crippen molar-refractivity contribution < 1.29 is 17.9 Å². The van der Waals surface area contributed by atoms with Gasteiger partial charge < -0.3 is 4.74 Å². The Morgan fingerprint density at radius 1 is 1.05 bits per heavy atom. The molecule has 4 aromatic rings. The predicted octanol–water partition coefficient (Wildman–Crippen LogP) is 6.58. The molecular weight excluding hydrogens is 509 g/mol. The summed E-state index contributed by atoms with van der Waals surface area (Å²) >= 11 is 5.60. The number of aliphatic imine (C=N–C) groups is 1. The Morgan fingerprint density at radius 2 is 1.79 bits per heavy atom. The molecule has 1 aromatic heterocycles. The maximum absolute atomic E-state index is 12.5. The Hall–Kier alpha value is -3.85. The zero-order valence-corrected chi connectivity index (χ0v) is 21.7. The second kappa shape index (κ2) is 10.5. The molecule has 1 aliphatic carbocycles. The lowest BCUT2D eigenvalue weighted by atomic mass is 9.91. The fourth-order valence-corrected chi connectivity index (χ4v) is 4.97. The topological polar surface area (TPSA) is 52.3 Å². The number of thiocarbonyl (C=S) groups is 1. The number of ether oxygens (including phenoxy) is 1. The molecule has 1 aliphatic rings. The maximum Gasteiger partial charge on any atom is 0.573 e. The molecule has 0 amide bonds. The second-order valence-corrected chi connectivity index (χ2v) is 9.89. The number of benzene rings is 3. The van der Waals surface area contributed by atoms with Gasteiger partial charge in [0.15, 0.2) is 0 Å². The molecule has 0 saturated heterocycles. The van der Waals surface area contributed by atoms with Crippen molar-refractivity contribution in [1.29, 1.82) is 0 Å². The SMILES string of the molecule is Cc1cccc(C)c1CC(=S)CN=Cc1ccc2c(c1)CCc1c-2nnn1-c1ccc(OC(F)(F)F)cc1. The molecule has 0 fully saturated rings. The third kappa shape index (κ3) is 5.67. The Morgan fingerprint density at radius 3 is 2.50 bits per heavy atom. The first-order valence-corrected chi connectivity index (χ1v) is 12.6. The van der Waals surface area contributed by atoms with E-state index in [1.54, 1.807) is 4.68 Å². The van der Waals surface area contributed by atoms with E-state index in [0.29, 0.717) is 18.7 Å². The van der Waals surface area contributed by atoms with E-state index in [1.165, 1.54) is 41.0 Å². The smallest absolute Gasteiger partial charge is 0.406 e. The number of hydrogen-bond acceptors (Lipinski definition) is 5.